The molecule has 3 fully saturated rings. The van der Waals surface area contributed by atoms with Crippen LogP contribution in [0.25, 0.3) is 0 Å². The van der Waals surface area contributed by atoms with Crippen LogP contribution in [0.4, 0.5) is 5.69 Å². The second kappa shape index (κ2) is 9.19. The second-order valence-corrected chi connectivity index (χ2v) is 9.69. The Bertz CT molecular complexity index is 808. The van der Waals surface area contributed by atoms with Gasteiger partial charge in [-0.05, 0) is 62.6 Å². The van der Waals surface area contributed by atoms with Gasteiger partial charge in [0.05, 0.1) is 5.60 Å². The summed E-state index contributed by atoms with van der Waals surface area (Å²) in [7, 11) is 0. The molecule has 3 aliphatic rings. The van der Waals surface area contributed by atoms with Crippen LogP contribution in [0.15, 0.2) is 18.2 Å². The number of benzene rings is 1. The summed E-state index contributed by atoms with van der Waals surface area (Å²) in [5, 5.41) is 0. The topological polar surface area (TPSA) is 53.1 Å². The van der Waals surface area contributed by atoms with Crippen molar-refractivity contribution in [2.75, 3.05) is 50.8 Å². The Hall–Kier alpha value is -2.08. The van der Waals surface area contributed by atoms with Gasteiger partial charge in [-0.2, -0.15) is 0 Å². The molecule has 6 heteroatoms. The number of aryl methyl sites for hydroxylation is 1. The zero-order valence-corrected chi connectivity index (χ0v) is 19.4. The van der Waals surface area contributed by atoms with Crippen LogP contribution in [0.3, 0.4) is 0 Å². The molecule has 0 radical (unpaired) electrons. The summed E-state index contributed by atoms with van der Waals surface area (Å²) in [6, 6.07) is 6.47. The van der Waals surface area contributed by atoms with Crippen LogP contribution < -0.4 is 4.90 Å². The van der Waals surface area contributed by atoms with Gasteiger partial charge < -0.3 is 19.4 Å². The van der Waals surface area contributed by atoms with Gasteiger partial charge in [-0.3, -0.25) is 9.59 Å². The minimum Gasteiger partial charge on any atom is -0.375 e. The molecule has 0 aromatic heterocycles. The summed E-state index contributed by atoms with van der Waals surface area (Å²) >= 11 is 0. The van der Waals surface area contributed by atoms with Gasteiger partial charge in [-0.25, -0.2) is 0 Å². The molecular weight excluding hydrogens is 390 g/mol. The van der Waals surface area contributed by atoms with Crippen LogP contribution in [0, 0.1) is 19.8 Å². The first-order chi connectivity index (χ1) is 14.9. The molecule has 0 saturated carbocycles. The zero-order valence-electron chi connectivity index (χ0n) is 19.4. The van der Waals surface area contributed by atoms with Gasteiger partial charge in [0.15, 0.2) is 0 Å². The fourth-order valence-corrected chi connectivity index (χ4v) is 5.53. The number of likely N-dealkylation sites (tertiary alicyclic amines) is 1. The predicted octanol–water partition coefficient (Wildman–Crippen LogP) is 3.15. The molecule has 3 aliphatic heterocycles. The van der Waals surface area contributed by atoms with Gasteiger partial charge in [-0.15, -0.1) is 0 Å². The van der Waals surface area contributed by atoms with Crippen molar-refractivity contribution in [3.8, 4) is 0 Å². The molecule has 170 valence electrons. The second-order valence-electron chi connectivity index (χ2n) is 9.69. The molecular formula is C25H37N3O3. The standard InChI is InChI=1S/C25H37N3O3/c1-19-5-4-6-23(20(19)2)27-12-14-28(15-13-27)24(30)17-22-7-16-31-25(18-22)8-10-26(11-9-25)21(3)29/h4-6,22H,7-18H2,1-3H3. The van der Waals surface area contributed by atoms with Crippen LogP contribution in [-0.2, 0) is 14.3 Å². The minimum absolute atomic E-state index is 0.128. The number of carbonyl (C=O) groups is 2. The van der Waals surface area contributed by atoms with Crippen LogP contribution in [0.2, 0.25) is 0 Å². The van der Waals surface area contributed by atoms with Crippen LogP contribution in [-0.4, -0.2) is 73.1 Å². The molecule has 1 atom stereocenters. The molecule has 0 aliphatic carbocycles. The zero-order chi connectivity index (χ0) is 22.0. The van der Waals surface area contributed by atoms with Gasteiger partial charge in [-0.1, -0.05) is 12.1 Å². The highest BCUT2D eigenvalue weighted by Gasteiger charge is 2.41. The Morgan fingerprint density at radius 2 is 1.74 bits per heavy atom. The van der Waals surface area contributed by atoms with Crippen molar-refractivity contribution < 1.29 is 14.3 Å². The van der Waals surface area contributed by atoms with E-state index in [9.17, 15) is 9.59 Å². The van der Waals surface area contributed by atoms with Crippen molar-refractivity contribution in [1.29, 1.82) is 0 Å². The lowest BCUT2D eigenvalue weighted by Gasteiger charge is -2.46. The molecule has 3 saturated heterocycles. The number of piperidine rings is 1. The quantitative estimate of drug-likeness (QED) is 0.744. The number of piperazine rings is 1. The molecule has 1 spiro atoms. The molecule has 1 unspecified atom stereocenters. The van der Waals surface area contributed by atoms with Gasteiger partial charge in [0.25, 0.3) is 0 Å². The number of nitrogens with zero attached hydrogens (tertiary/aromatic N) is 3. The van der Waals surface area contributed by atoms with E-state index in [4.69, 9.17) is 4.74 Å². The van der Waals surface area contributed by atoms with Crippen molar-refractivity contribution in [3.63, 3.8) is 0 Å². The Labute approximate surface area is 186 Å². The molecule has 31 heavy (non-hydrogen) atoms. The number of ether oxygens (including phenoxy) is 1. The average Bonchev–Trinajstić information content (AvgIpc) is 2.76. The van der Waals surface area contributed by atoms with Crippen molar-refractivity contribution >= 4 is 17.5 Å². The first-order valence-electron chi connectivity index (χ1n) is 11.9. The lowest BCUT2D eigenvalue weighted by atomic mass is 9.78. The van der Waals surface area contributed by atoms with E-state index in [1.165, 1.54) is 16.8 Å². The SMILES string of the molecule is CC(=O)N1CCC2(CC1)CC(CC(=O)N1CCN(c3cccc(C)c3C)CC1)CCO2. The third-order valence-electron chi connectivity index (χ3n) is 7.73. The lowest BCUT2D eigenvalue weighted by molar-refractivity contribution is -0.148. The van der Waals surface area contributed by atoms with Crippen molar-refractivity contribution in [1.82, 2.24) is 9.80 Å². The molecule has 4 rings (SSSR count). The fourth-order valence-electron chi connectivity index (χ4n) is 5.53. The van der Waals surface area contributed by atoms with Gasteiger partial charge in [0.2, 0.25) is 11.8 Å². The normalized spacial score (nSPS) is 23.8. The van der Waals surface area contributed by atoms with Gasteiger partial charge >= 0.3 is 0 Å². The number of hydrogen-bond acceptors (Lipinski definition) is 4. The maximum Gasteiger partial charge on any atom is 0.222 e. The van der Waals surface area contributed by atoms with Gasteiger partial charge in [0, 0.05) is 64.9 Å². The lowest BCUT2D eigenvalue weighted by Crippen LogP contribution is -2.52. The molecule has 1 aromatic rings. The molecule has 0 bridgehead atoms. The number of hydrogen-bond donors (Lipinski definition) is 0. The predicted molar refractivity (Wildman–Crippen MR) is 122 cm³/mol. The molecule has 0 N–H and O–H groups in total. The Morgan fingerprint density at radius 3 is 2.42 bits per heavy atom. The maximum atomic E-state index is 13.1. The Morgan fingerprint density at radius 1 is 1.03 bits per heavy atom. The largest absolute Gasteiger partial charge is 0.375 e. The molecule has 3 heterocycles. The third-order valence-corrected chi connectivity index (χ3v) is 7.73. The van der Waals surface area contributed by atoms with E-state index in [0.29, 0.717) is 18.2 Å². The Balaban J connectivity index is 1.28. The van der Waals surface area contributed by atoms with E-state index in [1.54, 1.807) is 6.92 Å². The molecule has 6 nitrogen and oxygen atoms in total. The highest BCUT2D eigenvalue weighted by molar-refractivity contribution is 5.77. The third kappa shape index (κ3) is 4.89. The minimum atomic E-state index is -0.128. The summed E-state index contributed by atoms with van der Waals surface area (Å²) in [4.78, 5) is 31.1. The van der Waals surface area contributed by atoms with E-state index >= 15 is 0 Å². The Kier molecular flexibility index (Phi) is 6.56. The number of carbonyl (C=O) groups excluding carboxylic acids is 2. The van der Waals surface area contributed by atoms with Crippen molar-refractivity contribution in [2.45, 2.75) is 58.5 Å². The smallest absolute Gasteiger partial charge is 0.222 e. The van der Waals surface area contributed by atoms with Crippen LogP contribution in [0.1, 0.15) is 50.2 Å². The van der Waals surface area contributed by atoms with Crippen molar-refractivity contribution in [2.24, 2.45) is 5.92 Å². The summed E-state index contributed by atoms with van der Waals surface area (Å²) < 4.78 is 6.21. The number of amides is 2. The average molecular weight is 428 g/mol. The highest BCUT2D eigenvalue weighted by Crippen LogP contribution is 2.39. The maximum absolute atomic E-state index is 13.1. The number of rotatable bonds is 3. The molecule has 1 aromatic carbocycles. The van der Waals surface area contributed by atoms with E-state index < -0.39 is 0 Å². The fraction of sp³-hybridized carbons (Fsp3) is 0.680. The summed E-state index contributed by atoms with van der Waals surface area (Å²) in [6.07, 6.45) is 4.34. The van der Waals surface area contributed by atoms with Gasteiger partial charge in [0.1, 0.15) is 0 Å². The highest BCUT2D eigenvalue weighted by atomic mass is 16.5. The van der Waals surface area contributed by atoms with E-state index in [-0.39, 0.29) is 11.5 Å². The van der Waals surface area contributed by atoms with E-state index in [0.717, 1.165) is 71.6 Å². The van der Waals surface area contributed by atoms with Crippen LogP contribution in [0.5, 0.6) is 0 Å². The van der Waals surface area contributed by atoms with Crippen LogP contribution >= 0.6 is 0 Å². The monoisotopic (exact) mass is 427 g/mol. The summed E-state index contributed by atoms with van der Waals surface area (Å²) in [5.41, 5.74) is 3.83. The molecule has 2 amide bonds. The number of anilines is 1. The van der Waals surface area contributed by atoms with E-state index in [2.05, 4.69) is 41.8 Å². The summed E-state index contributed by atoms with van der Waals surface area (Å²) in [5.74, 6) is 0.836. The first kappa shape index (κ1) is 22.1. The van der Waals surface area contributed by atoms with E-state index in [1.807, 2.05) is 4.90 Å². The summed E-state index contributed by atoms with van der Waals surface area (Å²) in [6.45, 7) is 11.7. The first-order valence-corrected chi connectivity index (χ1v) is 11.9. The van der Waals surface area contributed by atoms with Crippen molar-refractivity contribution in [3.05, 3.63) is 29.3 Å².